The van der Waals surface area contributed by atoms with Gasteiger partial charge >= 0.3 is 0 Å². The number of non-ortho nitro benzene ring substituents is 1. The summed E-state index contributed by atoms with van der Waals surface area (Å²) in [5.41, 5.74) is 3.47. The Morgan fingerprint density at radius 2 is 2.00 bits per heavy atom. The van der Waals surface area contributed by atoms with E-state index >= 15 is 0 Å². The lowest BCUT2D eigenvalue weighted by atomic mass is 10.1. The second kappa shape index (κ2) is 7.18. The van der Waals surface area contributed by atoms with Crippen molar-refractivity contribution in [2.75, 3.05) is 0 Å². The largest absolute Gasteiger partial charge is 0.455 e. The number of rotatable bonds is 5. The van der Waals surface area contributed by atoms with Crippen LogP contribution in [-0.4, -0.2) is 22.0 Å². The van der Waals surface area contributed by atoms with Crippen LogP contribution in [0.3, 0.4) is 0 Å². The van der Waals surface area contributed by atoms with Crippen LogP contribution in [0.15, 0.2) is 70.4 Å². The molecule has 0 spiro atoms. The van der Waals surface area contributed by atoms with Gasteiger partial charge in [0.2, 0.25) is 0 Å². The van der Waals surface area contributed by atoms with E-state index in [9.17, 15) is 14.9 Å². The first kappa shape index (κ1) is 16.1. The SMILES string of the molecule is O=C(N/N=C\c1ccc(-c2ccc([N+](=O)[O-])cc2)o1)c1cccnc1. The Balaban J connectivity index is 1.65. The quantitative estimate of drug-likeness (QED) is 0.437. The fourth-order valence-corrected chi connectivity index (χ4v) is 2.04. The highest BCUT2D eigenvalue weighted by molar-refractivity contribution is 5.94. The number of hydrogen-bond donors (Lipinski definition) is 1. The third-order valence-corrected chi connectivity index (χ3v) is 3.27. The molecule has 1 amide bonds. The number of hydrazone groups is 1. The van der Waals surface area contributed by atoms with Gasteiger partial charge in [-0.25, -0.2) is 5.43 Å². The Morgan fingerprint density at radius 1 is 1.20 bits per heavy atom. The van der Waals surface area contributed by atoms with Crippen LogP contribution in [0.4, 0.5) is 5.69 Å². The third kappa shape index (κ3) is 3.94. The molecule has 8 heteroatoms. The molecule has 2 heterocycles. The van der Waals surface area contributed by atoms with Crippen LogP contribution in [0.25, 0.3) is 11.3 Å². The minimum atomic E-state index is -0.463. The molecule has 2 aromatic heterocycles. The summed E-state index contributed by atoms with van der Waals surface area (Å²) in [4.78, 5) is 25.8. The van der Waals surface area contributed by atoms with Crippen molar-refractivity contribution in [3.63, 3.8) is 0 Å². The third-order valence-electron chi connectivity index (χ3n) is 3.27. The molecule has 8 nitrogen and oxygen atoms in total. The predicted octanol–water partition coefficient (Wildman–Crippen LogP) is 3.01. The summed E-state index contributed by atoms with van der Waals surface area (Å²) >= 11 is 0. The number of nitro benzene ring substituents is 1. The Bertz CT molecular complexity index is 917. The lowest BCUT2D eigenvalue weighted by molar-refractivity contribution is -0.384. The van der Waals surface area contributed by atoms with Crippen LogP contribution < -0.4 is 5.43 Å². The average Bonchev–Trinajstić information content (AvgIpc) is 3.11. The Labute approximate surface area is 142 Å². The summed E-state index contributed by atoms with van der Waals surface area (Å²) in [5.74, 6) is 0.585. The van der Waals surface area contributed by atoms with Crippen molar-refractivity contribution >= 4 is 17.8 Å². The minimum Gasteiger partial charge on any atom is -0.455 e. The maximum Gasteiger partial charge on any atom is 0.272 e. The lowest BCUT2D eigenvalue weighted by Crippen LogP contribution is -2.17. The smallest absolute Gasteiger partial charge is 0.272 e. The molecule has 0 radical (unpaired) electrons. The average molecular weight is 336 g/mol. The van der Waals surface area contributed by atoms with Gasteiger partial charge in [0.05, 0.1) is 16.7 Å². The van der Waals surface area contributed by atoms with Gasteiger partial charge in [-0.05, 0) is 36.4 Å². The van der Waals surface area contributed by atoms with Gasteiger partial charge in [0.25, 0.3) is 11.6 Å². The number of nitro groups is 1. The van der Waals surface area contributed by atoms with Gasteiger partial charge in [-0.3, -0.25) is 19.9 Å². The number of carbonyl (C=O) groups is 1. The molecule has 0 unspecified atom stereocenters. The van der Waals surface area contributed by atoms with Crippen LogP contribution >= 0.6 is 0 Å². The molecular formula is C17H12N4O4. The fourth-order valence-electron chi connectivity index (χ4n) is 2.04. The van der Waals surface area contributed by atoms with Crippen LogP contribution in [0.2, 0.25) is 0 Å². The molecule has 1 N–H and O–H groups in total. The molecule has 0 aliphatic heterocycles. The van der Waals surface area contributed by atoms with E-state index < -0.39 is 4.92 Å². The zero-order valence-corrected chi connectivity index (χ0v) is 12.8. The van der Waals surface area contributed by atoms with Crippen molar-refractivity contribution in [1.82, 2.24) is 10.4 Å². The summed E-state index contributed by atoms with van der Waals surface area (Å²) < 4.78 is 5.57. The Kier molecular flexibility index (Phi) is 4.61. The maximum atomic E-state index is 11.8. The molecule has 3 aromatic rings. The normalized spacial score (nSPS) is 10.7. The lowest BCUT2D eigenvalue weighted by Gasteiger charge is -1.98. The molecule has 0 saturated carbocycles. The molecule has 0 aliphatic rings. The summed E-state index contributed by atoms with van der Waals surface area (Å²) in [6.07, 6.45) is 4.37. The van der Waals surface area contributed by atoms with Gasteiger partial charge in [0.15, 0.2) is 0 Å². The van der Waals surface area contributed by atoms with Crippen molar-refractivity contribution in [3.8, 4) is 11.3 Å². The van der Waals surface area contributed by atoms with E-state index in [1.165, 1.54) is 24.5 Å². The molecule has 3 rings (SSSR count). The second-order valence-corrected chi connectivity index (χ2v) is 4.95. The highest BCUT2D eigenvalue weighted by Crippen LogP contribution is 2.23. The number of aromatic nitrogens is 1. The summed E-state index contributed by atoms with van der Waals surface area (Å²) in [5, 5.41) is 14.5. The molecule has 0 saturated heterocycles. The number of benzene rings is 1. The van der Waals surface area contributed by atoms with Crippen molar-refractivity contribution < 1.29 is 14.1 Å². The van der Waals surface area contributed by atoms with Gasteiger partial charge < -0.3 is 4.42 Å². The first-order valence-corrected chi connectivity index (χ1v) is 7.21. The van der Waals surface area contributed by atoms with E-state index in [2.05, 4.69) is 15.5 Å². The number of amides is 1. The number of carbonyl (C=O) groups excluding carboxylic acids is 1. The van der Waals surface area contributed by atoms with Crippen LogP contribution in [0.5, 0.6) is 0 Å². The highest BCUT2D eigenvalue weighted by Gasteiger charge is 2.08. The molecule has 0 bridgehead atoms. The minimum absolute atomic E-state index is 0.00945. The summed E-state index contributed by atoms with van der Waals surface area (Å²) in [7, 11) is 0. The van der Waals surface area contributed by atoms with Crippen molar-refractivity contribution in [1.29, 1.82) is 0 Å². The Hall–Kier alpha value is -3.81. The molecule has 25 heavy (non-hydrogen) atoms. The number of nitrogens with zero attached hydrogens (tertiary/aromatic N) is 3. The first-order chi connectivity index (χ1) is 12.1. The van der Waals surface area contributed by atoms with Gasteiger partial charge in [-0.1, -0.05) is 0 Å². The molecule has 0 fully saturated rings. The van der Waals surface area contributed by atoms with Crippen LogP contribution in [-0.2, 0) is 0 Å². The van der Waals surface area contributed by atoms with E-state index in [4.69, 9.17) is 4.42 Å². The van der Waals surface area contributed by atoms with Gasteiger partial charge in [-0.2, -0.15) is 5.10 Å². The highest BCUT2D eigenvalue weighted by atomic mass is 16.6. The van der Waals surface area contributed by atoms with Gasteiger partial charge in [0, 0.05) is 30.1 Å². The predicted molar refractivity (Wildman–Crippen MR) is 90.1 cm³/mol. The topological polar surface area (TPSA) is 111 Å². The summed E-state index contributed by atoms with van der Waals surface area (Å²) in [6.45, 7) is 0. The van der Waals surface area contributed by atoms with Gasteiger partial charge in [-0.15, -0.1) is 0 Å². The van der Waals surface area contributed by atoms with Crippen molar-refractivity contribution in [2.24, 2.45) is 5.10 Å². The zero-order valence-electron chi connectivity index (χ0n) is 12.8. The van der Waals surface area contributed by atoms with E-state index in [-0.39, 0.29) is 11.6 Å². The second-order valence-electron chi connectivity index (χ2n) is 4.95. The van der Waals surface area contributed by atoms with Gasteiger partial charge in [0.1, 0.15) is 11.5 Å². The number of pyridine rings is 1. The number of nitrogens with one attached hydrogen (secondary N) is 1. The zero-order chi connectivity index (χ0) is 17.6. The monoisotopic (exact) mass is 336 g/mol. The maximum absolute atomic E-state index is 11.8. The molecule has 0 aliphatic carbocycles. The summed E-state index contributed by atoms with van der Waals surface area (Å²) in [6, 6.07) is 12.7. The van der Waals surface area contributed by atoms with Crippen molar-refractivity contribution in [3.05, 3.63) is 82.4 Å². The molecule has 124 valence electrons. The van der Waals surface area contributed by atoms with E-state index in [0.29, 0.717) is 22.6 Å². The van der Waals surface area contributed by atoms with Crippen LogP contribution in [0.1, 0.15) is 16.1 Å². The molecule has 0 atom stereocenters. The number of hydrogen-bond acceptors (Lipinski definition) is 6. The molecular weight excluding hydrogens is 324 g/mol. The fraction of sp³-hybridized carbons (Fsp3) is 0. The van der Waals surface area contributed by atoms with Crippen LogP contribution in [0, 0.1) is 10.1 Å². The molecule has 1 aromatic carbocycles. The van der Waals surface area contributed by atoms with Crippen molar-refractivity contribution in [2.45, 2.75) is 0 Å². The number of furan rings is 1. The standard InChI is InChI=1S/C17H12N4O4/c22-17(13-2-1-9-18-10-13)20-19-11-15-7-8-16(25-15)12-3-5-14(6-4-12)21(23)24/h1-11H,(H,20,22)/b19-11-. The van der Waals surface area contributed by atoms with E-state index in [1.807, 2.05) is 0 Å². The van der Waals surface area contributed by atoms with E-state index in [0.717, 1.165) is 0 Å². The van der Waals surface area contributed by atoms with E-state index in [1.54, 1.807) is 42.6 Å². The Morgan fingerprint density at radius 3 is 2.68 bits per heavy atom. The first-order valence-electron chi connectivity index (χ1n) is 7.21.